The number of ether oxygens (including phenoxy) is 1. The molecule has 1 aromatic rings. The molecule has 2 amide bonds. The van der Waals surface area contributed by atoms with E-state index in [-0.39, 0.29) is 30.4 Å². The van der Waals surface area contributed by atoms with Crippen LogP contribution in [-0.4, -0.2) is 36.7 Å². The molecule has 114 valence electrons. The van der Waals surface area contributed by atoms with E-state index in [2.05, 4.69) is 10.6 Å². The maximum absolute atomic E-state index is 12.1. The summed E-state index contributed by atoms with van der Waals surface area (Å²) in [6.07, 6.45) is 0.612. The minimum Gasteiger partial charge on any atom is -0.482 e. The van der Waals surface area contributed by atoms with E-state index >= 15 is 0 Å². The van der Waals surface area contributed by atoms with E-state index in [1.165, 1.54) is 0 Å². The van der Waals surface area contributed by atoms with Crippen LogP contribution in [0.5, 0.6) is 5.75 Å². The summed E-state index contributed by atoms with van der Waals surface area (Å²) in [4.78, 5) is 23.4. The fourth-order valence-corrected chi connectivity index (χ4v) is 2.04. The zero-order valence-electron chi connectivity index (χ0n) is 12.2. The molecule has 0 aliphatic carbocycles. The van der Waals surface area contributed by atoms with Gasteiger partial charge in [-0.2, -0.15) is 0 Å². The van der Waals surface area contributed by atoms with Crippen LogP contribution >= 0.6 is 0 Å². The highest BCUT2D eigenvalue weighted by Crippen LogP contribution is 2.28. The van der Waals surface area contributed by atoms with Crippen molar-refractivity contribution in [2.75, 3.05) is 25.1 Å². The quantitative estimate of drug-likeness (QED) is 0.760. The Morgan fingerprint density at radius 3 is 2.95 bits per heavy atom. The van der Waals surface area contributed by atoms with Gasteiger partial charge in [-0.1, -0.05) is 13.8 Å². The molecule has 0 radical (unpaired) electrons. The van der Waals surface area contributed by atoms with Gasteiger partial charge in [-0.15, -0.1) is 0 Å². The van der Waals surface area contributed by atoms with E-state index in [0.29, 0.717) is 30.0 Å². The van der Waals surface area contributed by atoms with Crippen LogP contribution in [0.25, 0.3) is 0 Å². The highest BCUT2D eigenvalue weighted by Gasteiger charge is 2.20. The number of hydrogen-bond acceptors (Lipinski definition) is 4. The molecule has 0 bridgehead atoms. The smallest absolute Gasteiger partial charge is 0.262 e. The summed E-state index contributed by atoms with van der Waals surface area (Å²) in [5.74, 6) is 0.111. The molecule has 6 nitrogen and oxygen atoms in total. The fourth-order valence-electron chi connectivity index (χ4n) is 2.04. The third kappa shape index (κ3) is 3.95. The molecular formula is C15H20N2O4. The molecule has 0 atom stereocenters. The lowest BCUT2D eigenvalue weighted by atomic mass is 9.89. The summed E-state index contributed by atoms with van der Waals surface area (Å²) in [5, 5.41) is 14.5. The highest BCUT2D eigenvalue weighted by atomic mass is 16.5. The van der Waals surface area contributed by atoms with E-state index in [0.717, 1.165) is 0 Å². The Kier molecular flexibility index (Phi) is 4.47. The summed E-state index contributed by atoms with van der Waals surface area (Å²) in [6.45, 7) is 4.50. The molecule has 1 heterocycles. The molecule has 0 saturated carbocycles. The summed E-state index contributed by atoms with van der Waals surface area (Å²) in [6, 6.07) is 4.92. The molecule has 0 aromatic heterocycles. The Balaban J connectivity index is 2.03. The zero-order valence-corrected chi connectivity index (χ0v) is 12.2. The molecule has 1 aromatic carbocycles. The van der Waals surface area contributed by atoms with Gasteiger partial charge < -0.3 is 20.5 Å². The largest absolute Gasteiger partial charge is 0.482 e. The Morgan fingerprint density at radius 2 is 2.24 bits per heavy atom. The number of carbonyl (C=O) groups excluding carboxylic acids is 2. The molecule has 0 unspecified atom stereocenters. The molecule has 1 aliphatic heterocycles. The second kappa shape index (κ2) is 6.13. The Hall–Kier alpha value is -2.08. The molecule has 21 heavy (non-hydrogen) atoms. The fraction of sp³-hybridized carbons (Fsp3) is 0.467. The molecule has 6 heteroatoms. The second-order valence-electron chi connectivity index (χ2n) is 5.87. The van der Waals surface area contributed by atoms with Gasteiger partial charge in [0.1, 0.15) is 5.75 Å². The molecule has 1 aliphatic rings. The third-order valence-corrected chi connectivity index (χ3v) is 3.39. The summed E-state index contributed by atoms with van der Waals surface area (Å²) in [5.41, 5.74) is 0.795. The SMILES string of the molecule is CC(C)(CCO)CNC(=O)c1ccc2c(c1)NC(=O)CO2. The maximum Gasteiger partial charge on any atom is 0.262 e. The van der Waals surface area contributed by atoms with Crippen molar-refractivity contribution in [3.63, 3.8) is 0 Å². The van der Waals surface area contributed by atoms with E-state index in [1.54, 1.807) is 18.2 Å². The van der Waals surface area contributed by atoms with Crippen molar-refractivity contribution in [2.24, 2.45) is 5.41 Å². The standard InChI is InChI=1S/C15H20N2O4/c1-15(2,5-6-18)9-16-14(20)10-3-4-12-11(7-10)17-13(19)8-21-12/h3-4,7,18H,5-6,8-9H2,1-2H3,(H,16,20)(H,17,19). The Labute approximate surface area is 123 Å². The summed E-state index contributed by atoms with van der Waals surface area (Å²) >= 11 is 0. The Bertz CT molecular complexity index is 555. The monoisotopic (exact) mass is 292 g/mol. The molecule has 3 N–H and O–H groups in total. The number of hydrogen-bond donors (Lipinski definition) is 3. The van der Waals surface area contributed by atoms with Gasteiger partial charge in [0.2, 0.25) is 0 Å². The topological polar surface area (TPSA) is 87.7 Å². The van der Waals surface area contributed by atoms with Gasteiger partial charge in [-0.05, 0) is 30.0 Å². The number of carbonyl (C=O) groups is 2. The van der Waals surface area contributed by atoms with E-state index < -0.39 is 0 Å². The molecule has 2 rings (SSSR count). The average Bonchev–Trinajstić information content (AvgIpc) is 2.44. The van der Waals surface area contributed by atoms with Crippen molar-refractivity contribution in [1.82, 2.24) is 5.32 Å². The Morgan fingerprint density at radius 1 is 1.48 bits per heavy atom. The highest BCUT2D eigenvalue weighted by molar-refractivity contribution is 5.99. The minimum absolute atomic E-state index is 0.00606. The van der Waals surface area contributed by atoms with Crippen LogP contribution in [0, 0.1) is 5.41 Å². The van der Waals surface area contributed by atoms with Gasteiger partial charge in [-0.25, -0.2) is 0 Å². The summed E-state index contributed by atoms with van der Waals surface area (Å²) in [7, 11) is 0. The first-order valence-electron chi connectivity index (χ1n) is 6.87. The van der Waals surface area contributed by atoms with Crippen LogP contribution in [0.3, 0.4) is 0 Å². The average molecular weight is 292 g/mol. The van der Waals surface area contributed by atoms with Crippen LogP contribution in [-0.2, 0) is 4.79 Å². The number of benzene rings is 1. The maximum atomic E-state index is 12.1. The van der Waals surface area contributed by atoms with Crippen molar-refractivity contribution in [1.29, 1.82) is 0 Å². The first kappa shape index (κ1) is 15.3. The van der Waals surface area contributed by atoms with Crippen molar-refractivity contribution in [2.45, 2.75) is 20.3 Å². The lowest BCUT2D eigenvalue weighted by Gasteiger charge is -2.24. The van der Waals surface area contributed by atoms with Crippen LogP contribution < -0.4 is 15.4 Å². The number of aliphatic hydroxyl groups is 1. The van der Waals surface area contributed by atoms with E-state index in [1.807, 2.05) is 13.8 Å². The lowest BCUT2D eigenvalue weighted by molar-refractivity contribution is -0.118. The number of anilines is 1. The number of amides is 2. The predicted octanol–water partition coefficient (Wildman–Crippen LogP) is 1.16. The number of aliphatic hydroxyl groups excluding tert-OH is 1. The molecule has 0 fully saturated rings. The van der Waals surface area contributed by atoms with Gasteiger partial charge in [0, 0.05) is 18.7 Å². The van der Waals surface area contributed by atoms with Gasteiger partial charge >= 0.3 is 0 Å². The number of fused-ring (bicyclic) bond motifs is 1. The zero-order chi connectivity index (χ0) is 15.5. The van der Waals surface area contributed by atoms with Crippen molar-refractivity contribution < 1.29 is 19.4 Å². The van der Waals surface area contributed by atoms with Crippen LogP contribution in [0.1, 0.15) is 30.6 Å². The van der Waals surface area contributed by atoms with Crippen LogP contribution in [0.4, 0.5) is 5.69 Å². The molecule has 0 spiro atoms. The number of nitrogens with one attached hydrogen (secondary N) is 2. The lowest BCUT2D eigenvalue weighted by Crippen LogP contribution is -2.34. The van der Waals surface area contributed by atoms with Crippen LogP contribution in [0.15, 0.2) is 18.2 Å². The number of rotatable bonds is 5. The van der Waals surface area contributed by atoms with Gasteiger partial charge in [0.15, 0.2) is 6.61 Å². The molecule has 0 saturated heterocycles. The van der Waals surface area contributed by atoms with E-state index in [4.69, 9.17) is 9.84 Å². The third-order valence-electron chi connectivity index (χ3n) is 3.39. The minimum atomic E-state index is -0.232. The summed E-state index contributed by atoms with van der Waals surface area (Å²) < 4.78 is 5.25. The van der Waals surface area contributed by atoms with Crippen molar-refractivity contribution in [3.8, 4) is 5.75 Å². The van der Waals surface area contributed by atoms with Gasteiger partial charge in [0.05, 0.1) is 5.69 Å². The van der Waals surface area contributed by atoms with Crippen LogP contribution in [0.2, 0.25) is 0 Å². The molecular weight excluding hydrogens is 272 g/mol. The van der Waals surface area contributed by atoms with Crippen molar-refractivity contribution in [3.05, 3.63) is 23.8 Å². The van der Waals surface area contributed by atoms with Gasteiger partial charge in [-0.3, -0.25) is 9.59 Å². The first-order chi connectivity index (χ1) is 9.91. The first-order valence-corrected chi connectivity index (χ1v) is 6.87. The van der Waals surface area contributed by atoms with Gasteiger partial charge in [0.25, 0.3) is 11.8 Å². The second-order valence-corrected chi connectivity index (χ2v) is 5.87. The van der Waals surface area contributed by atoms with Crippen molar-refractivity contribution >= 4 is 17.5 Å². The normalized spacial score (nSPS) is 14.0. The van der Waals surface area contributed by atoms with E-state index in [9.17, 15) is 9.59 Å². The predicted molar refractivity (Wildman–Crippen MR) is 78.4 cm³/mol.